The molecule has 0 aliphatic rings. The molecule has 4 nitrogen and oxygen atoms in total. The number of carbonyl (C=O) groups is 1. The van der Waals surface area contributed by atoms with E-state index in [9.17, 15) is 4.79 Å². The van der Waals surface area contributed by atoms with Crippen molar-refractivity contribution in [1.82, 2.24) is 10.2 Å². The van der Waals surface area contributed by atoms with Crippen molar-refractivity contribution in [3.05, 3.63) is 71.8 Å². The van der Waals surface area contributed by atoms with Gasteiger partial charge in [0.25, 0.3) is 0 Å². The highest BCUT2D eigenvalue weighted by Crippen LogP contribution is 2.21. The molecule has 1 amide bonds. The Hall–Kier alpha value is -2.33. The molecule has 2 rings (SSSR count). The highest BCUT2D eigenvalue weighted by atomic mass is 16.5. The zero-order chi connectivity index (χ0) is 17.2. The lowest BCUT2D eigenvalue weighted by molar-refractivity contribution is 0.127. The van der Waals surface area contributed by atoms with Crippen LogP contribution in [0.4, 0.5) is 4.79 Å². The molecule has 0 saturated heterocycles. The van der Waals surface area contributed by atoms with Crippen LogP contribution in [0.25, 0.3) is 0 Å². The second kappa shape index (κ2) is 9.73. The molecule has 0 bridgehead atoms. The van der Waals surface area contributed by atoms with E-state index in [1.54, 1.807) is 0 Å². The van der Waals surface area contributed by atoms with E-state index in [0.717, 1.165) is 30.8 Å². The average molecular weight is 326 g/mol. The molecule has 24 heavy (non-hydrogen) atoms. The van der Waals surface area contributed by atoms with Crippen LogP contribution >= 0.6 is 0 Å². The van der Waals surface area contributed by atoms with Gasteiger partial charge in [0.1, 0.15) is 6.61 Å². The Labute approximate surface area is 144 Å². The van der Waals surface area contributed by atoms with Crippen molar-refractivity contribution in [2.75, 3.05) is 26.2 Å². The third-order valence-electron chi connectivity index (χ3n) is 4.06. The van der Waals surface area contributed by atoms with Crippen molar-refractivity contribution in [2.24, 2.45) is 0 Å². The molecular formula is C20H26N2O2. The molecular weight excluding hydrogens is 300 g/mol. The smallest absolute Gasteiger partial charge is 0.407 e. The number of likely N-dealkylation sites (N-methyl/N-ethyl adjacent to an activating group) is 1. The van der Waals surface area contributed by atoms with Crippen molar-refractivity contribution in [3.63, 3.8) is 0 Å². The van der Waals surface area contributed by atoms with Crippen LogP contribution in [0.5, 0.6) is 0 Å². The van der Waals surface area contributed by atoms with Gasteiger partial charge in [-0.25, -0.2) is 4.79 Å². The zero-order valence-electron chi connectivity index (χ0n) is 14.4. The second-order valence-electron chi connectivity index (χ2n) is 5.56. The summed E-state index contributed by atoms with van der Waals surface area (Å²) in [6.07, 6.45) is -0.389. The fourth-order valence-corrected chi connectivity index (χ4v) is 2.62. The van der Waals surface area contributed by atoms with Crippen molar-refractivity contribution in [3.8, 4) is 0 Å². The van der Waals surface area contributed by atoms with Gasteiger partial charge >= 0.3 is 6.09 Å². The maximum Gasteiger partial charge on any atom is 0.407 e. The molecule has 128 valence electrons. The minimum absolute atomic E-state index is 0.214. The van der Waals surface area contributed by atoms with E-state index in [1.165, 1.54) is 0 Å². The monoisotopic (exact) mass is 326 g/mol. The van der Waals surface area contributed by atoms with Gasteiger partial charge in [-0.1, -0.05) is 74.5 Å². The second-order valence-corrected chi connectivity index (χ2v) is 5.56. The summed E-state index contributed by atoms with van der Waals surface area (Å²) in [5, 5.41) is 2.98. The van der Waals surface area contributed by atoms with Gasteiger partial charge in [0.15, 0.2) is 0 Å². The van der Waals surface area contributed by atoms with Crippen LogP contribution in [-0.4, -0.2) is 37.2 Å². The first-order valence-corrected chi connectivity index (χ1v) is 8.50. The first-order chi connectivity index (χ1) is 11.7. The Bertz CT molecular complexity index is 558. The highest BCUT2D eigenvalue weighted by molar-refractivity contribution is 5.68. The molecule has 0 atom stereocenters. The van der Waals surface area contributed by atoms with Gasteiger partial charge in [-0.05, 0) is 24.2 Å². The number of benzene rings is 2. The maximum absolute atomic E-state index is 12.2. The van der Waals surface area contributed by atoms with Crippen LogP contribution < -0.4 is 5.32 Å². The fraction of sp³-hybridized carbons (Fsp3) is 0.350. The van der Waals surface area contributed by atoms with Crippen molar-refractivity contribution in [1.29, 1.82) is 0 Å². The van der Waals surface area contributed by atoms with E-state index in [2.05, 4.69) is 24.1 Å². The van der Waals surface area contributed by atoms with E-state index in [-0.39, 0.29) is 12.1 Å². The number of nitrogens with one attached hydrogen (secondary N) is 1. The van der Waals surface area contributed by atoms with Crippen LogP contribution in [0.2, 0.25) is 0 Å². The maximum atomic E-state index is 12.2. The lowest BCUT2D eigenvalue weighted by Crippen LogP contribution is -2.33. The molecule has 2 aromatic carbocycles. The summed E-state index contributed by atoms with van der Waals surface area (Å²) >= 11 is 0. The van der Waals surface area contributed by atoms with Gasteiger partial charge in [-0.2, -0.15) is 0 Å². The Morgan fingerprint density at radius 1 is 0.958 bits per heavy atom. The molecule has 0 aliphatic carbocycles. The topological polar surface area (TPSA) is 41.6 Å². The Morgan fingerprint density at radius 2 is 1.46 bits per heavy atom. The van der Waals surface area contributed by atoms with Crippen molar-refractivity contribution < 1.29 is 9.53 Å². The van der Waals surface area contributed by atoms with Gasteiger partial charge < -0.3 is 15.0 Å². The number of hydrogen-bond acceptors (Lipinski definition) is 3. The molecule has 0 fully saturated rings. The minimum atomic E-state index is -0.389. The van der Waals surface area contributed by atoms with Gasteiger partial charge in [0.05, 0.1) is 6.04 Å². The molecule has 0 heterocycles. The quantitative estimate of drug-likeness (QED) is 0.801. The highest BCUT2D eigenvalue weighted by Gasteiger charge is 2.17. The molecule has 2 aromatic rings. The predicted octanol–water partition coefficient (Wildman–Crippen LogP) is 3.84. The van der Waals surface area contributed by atoms with Crippen LogP contribution in [0.3, 0.4) is 0 Å². The number of nitrogens with zero attached hydrogens (tertiary/aromatic N) is 1. The van der Waals surface area contributed by atoms with Gasteiger partial charge in [-0.15, -0.1) is 0 Å². The molecule has 4 heteroatoms. The summed E-state index contributed by atoms with van der Waals surface area (Å²) in [4.78, 5) is 14.4. The van der Waals surface area contributed by atoms with Gasteiger partial charge in [-0.3, -0.25) is 0 Å². The SMILES string of the molecule is CCN(CC)CCOC(=O)NC(c1ccccc1)c1ccccc1. The summed E-state index contributed by atoms with van der Waals surface area (Å²) < 4.78 is 5.36. The number of carbonyl (C=O) groups excluding carboxylic acids is 1. The number of amides is 1. The van der Waals surface area contributed by atoms with E-state index >= 15 is 0 Å². The predicted molar refractivity (Wildman–Crippen MR) is 97.0 cm³/mol. The first kappa shape index (κ1) is 18.0. The third kappa shape index (κ3) is 5.39. The van der Waals surface area contributed by atoms with E-state index in [4.69, 9.17) is 4.74 Å². The summed E-state index contributed by atoms with van der Waals surface area (Å²) in [5.74, 6) is 0. The Balaban J connectivity index is 2.00. The van der Waals surface area contributed by atoms with Crippen molar-refractivity contribution >= 4 is 6.09 Å². The molecule has 1 N–H and O–H groups in total. The average Bonchev–Trinajstić information content (AvgIpc) is 2.65. The van der Waals surface area contributed by atoms with E-state index in [1.807, 2.05) is 60.7 Å². The largest absolute Gasteiger partial charge is 0.448 e. The molecule has 0 aliphatic heterocycles. The van der Waals surface area contributed by atoms with E-state index < -0.39 is 0 Å². The van der Waals surface area contributed by atoms with Crippen LogP contribution in [0.15, 0.2) is 60.7 Å². The molecule has 0 aromatic heterocycles. The number of hydrogen-bond donors (Lipinski definition) is 1. The Kier molecular flexibility index (Phi) is 7.30. The van der Waals surface area contributed by atoms with Crippen LogP contribution in [-0.2, 0) is 4.74 Å². The van der Waals surface area contributed by atoms with Crippen molar-refractivity contribution in [2.45, 2.75) is 19.9 Å². The standard InChI is InChI=1S/C20H26N2O2/c1-3-22(4-2)15-16-24-20(23)21-19(17-11-7-5-8-12-17)18-13-9-6-10-14-18/h5-14,19H,3-4,15-16H2,1-2H3,(H,21,23). The molecule has 0 unspecified atom stereocenters. The lowest BCUT2D eigenvalue weighted by Gasteiger charge is -2.21. The summed E-state index contributed by atoms with van der Waals surface area (Å²) in [6.45, 7) is 7.26. The van der Waals surface area contributed by atoms with Crippen LogP contribution in [0, 0.1) is 0 Å². The molecule has 0 radical (unpaired) electrons. The fourth-order valence-electron chi connectivity index (χ4n) is 2.62. The summed E-state index contributed by atoms with van der Waals surface area (Å²) in [5.41, 5.74) is 2.06. The Morgan fingerprint density at radius 3 is 1.92 bits per heavy atom. The van der Waals surface area contributed by atoms with Crippen LogP contribution in [0.1, 0.15) is 31.0 Å². The summed E-state index contributed by atoms with van der Waals surface area (Å²) in [6, 6.07) is 19.6. The first-order valence-electron chi connectivity index (χ1n) is 8.50. The lowest BCUT2D eigenvalue weighted by atomic mass is 9.99. The van der Waals surface area contributed by atoms with E-state index in [0.29, 0.717) is 6.61 Å². The number of rotatable bonds is 8. The number of alkyl carbamates (subject to hydrolysis) is 1. The van der Waals surface area contributed by atoms with Gasteiger partial charge in [0.2, 0.25) is 0 Å². The minimum Gasteiger partial charge on any atom is -0.448 e. The normalized spacial score (nSPS) is 10.8. The zero-order valence-corrected chi connectivity index (χ0v) is 14.4. The third-order valence-corrected chi connectivity index (χ3v) is 4.06. The number of ether oxygens (including phenoxy) is 1. The van der Waals surface area contributed by atoms with Gasteiger partial charge in [0, 0.05) is 6.54 Å². The molecule has 0 saturated carbocycles. The molecule has 0 spiro atoms. The summed E-state index contributed by atoms with van der Waals surface area (Å²) in [7, 11) is 0.